The molecule has 2 saturated heterocycles. The Morgan fingerprint density at radius 2 is 1.04 bits per heavy atom. The number of benzene rings is 2. The van der Waals surface area contributed by atoms with Crippen molar-refractivity contribution >= 4 is 58.0 Å². The summed E-state index contributed by atoms with van der Waals surface area (Å²) in [7, 11) is 0. The molecule has 0 atom stereocenters. The van der Waals surface area contributed by atoms with E-state index in [0.29, 0.717) is 88.8 Å². The fraction of sp³-hybridized carbons (Fsp3) is 0.240. The summed E-state index contributed by atoms with van der Waals surface area (Å²) in [4.78, 5) is 89.8. The van der Waals surface area contributed by atoms with E-state index in [1.807, 2.05) is 0 Å². The van der Waals surface area contributed by atoms with Crippen molar-refractivity contribution < 1.29 is 28.8 Å². The maximum Gasteiger partial charge on any atom is 0.269 e. The molecule has 0 radical (unpaired) electrons. The van der Waals surface area contributed by atoms with Crippen LogP contribution in [0.3, 0.4) is 0 Å². The van der Waals surface area contributed by atoms with Crippen molar-refractivity contribution in [3.8, 4) is 22.5 Å². The van der Waals surface area contributed by atoms with Gasteiger partial charge >= 0.3 is 0 Å². The Labute approximate surface area is 414 Å². The molecular weight excluding hydrogens is 928 g/mol. The summed E-state index contributed by atoms with van der Waals surface area (Å²) in [5.74, 6) is 13.2. The number of hydrogen-bond acceptors (Lipinski definition) is 13. The summed E-state index contributed by atoms with van der Waals surface area (Å²) < 4.78 is 2.56. The number of nitrogens with one attached hydrogen (secondary N) is 3. The highest BCUT2D eigenvalue weighted by molar-refractivity contribution is 6.66. The van der Waals surface area contributed by atoms with Gasteiger partial charge in [0.1, 0.15) is 34.7 Å². The molecule has 0 saturated carbocycles. The van der Waals surface area contributed by atoms with E-state index < -0.39 is 17.1 Å². The average molecular weight is 984 g/mol. The summed E-state index contributed by atoms with van der Waals surface area (Å²) in [6.45, 7) is 9.82. The molecule has 71 heavy (non-hydrogen) atoms. The van der Waals surface area contributed by atoms with Crippen LogP contribution in [-0.4, -0.2) is 95.1 Å². The van der Waals surface area contributed by atoms with Crippen molar-refractivity contribution in [2.75, 3.05) is 48.5 Å². The van der Waals surface area contributed by atoms with Gasteiger partial charge in [-0.25, -0.2) is 29.3 Å². The van der Waals surface area contributed by atoms with Crippen molar-refractivity contribution in [2.45, 2.75) is 38.5 Å². The number of likely N-dealkylation sites (tertiary alicyclic amines) is 1. The molecule has 0 unspecified atom stereocenters. The first-order chi connectivity index (χ1) is 34.2. The second-order valence-corrected chi connectivity index (χ2v) is 16.9. The van der Waals surface area contributed by atoms with Gasteiger partial charge in [-0.2, -0.15) is 0 Å². The zero-order valence-corrected chi connectivity index (χ0v) is 39.6. The van der Waals surface area contributed by atoms with Crippen LogP contribution < -0.4 is 39.1 Å². The maximum absolute atomic E-state index is 12.5. The SMILES string of the molecule is C=CC(=O)Cl.C=CC(=O)N1CCC(Cc2nc(-c3ccc(C(=O)Nc4ccccn4)cc3)c(C(N)=O)n2N)CC1.NC(=O)c1c(-c2ccc(C(=O)Nc3ccccn3)cc2)nc(CC2CCNCC2)n1N. The number of nitrogen functional groups attached to an aromatic ring is 2. The lowest BCUT2D eigenvalue weighted by molar-refractivity contribution is -0.127. The second kappa shape index (κ2) is 24.7. The fourth-order valence-corrected chi connectivity index (χ4v) is 8.02. The Balaban J connectivity index is 0.000000213. The molecule has 0 aliphatic carbocycles. The number of halogens is 1. The smallest absolute Gasteiger partial charge is 0.269 e. The number of pyridine rings is 2. The van der Waals surface area contributed by atoms with Gasteiger partial charge in [0.15, 0.2) is 11.4 Å². The van der Waals surface area contributed by atoms with Crippen LogP contribution in [0.4, 0.5) is 11.6 Å². The molecule has 2 aliphatic heterocycles. The largest absolute Gasteiger partial charge is 0.364 e. The third-order valence-corrected chi connectivity index (χ3v) is 11.9. The van der Waals surface area contributed by atoms with Crippen LogP contribution >= 0.6 is 11.6 Å². The van der Waals surface area contributed by atoms with Crippen LogP contribution in [0.5, 0.6) is 0 Å². The molecule has 2 fully saturated rings. The molecule has 2 aromatic carbocycles. The van der Waals surface area contributed by atoms with E-state index in [9.17, 15) is 28.8 Å². The van der Waals surface area contributed by atoms with Gasteiger partial charge in [-0.15, -0.1) is 0 Å². The first-order valence-electron chi connectivity index (χ1n) is 22.6. The molecule has 4 aromatic heterocycles. The Morgan fingerprint density at radius 1 is 0.634 bits per heavy atom. The predicted octanol–water partition coefficient (Wildman–Crippen LogP) is 4.47. The summed E-state index contributed by atoms with van der Waals surface area (Å²) in [6, 6.07) is 24.0. The molecule has 2 aliphatic rings. The lowest BCUT2D eigenvalue weighted by atomic mass is 9.93. The van der Waals surface area contributed by atoms with E-state index in [2.05, 4.69) is 49.0 Å². The third kappa shape index (κ3) is 13.8. The minimum atomic E-state index is -0.690. The quantitative estimate of drug-likeness (QED) is 0.0451. The van der Waals surface area contributed by atoms with Gasteiger partial charge in [0.25, 0.3) is 23.6 Å². The molecule has 368 valence electrons. The fourth-order valence-electron chi connectivity index (χ4n) is 8.02. The number of rotatable bonds is 14. The molecule has 6 aromatic rings. The third-order valence-electron chi connectivity index (χ3n) is 11.8. The van der Waals surface area contributed by atoms with Gasteiger partial charge in [-0.3, -0.25) is 28.8 Å². The zero-order valence-electron chi connectivity index (χ0n) is 38.8. The number of anilines is 2. The Hall–Kier alpha value is -8.49. The minimum absolute atomic E-state index is 0.0702. The first kappa shape index (κ1) is 51.9. The van der Waals surface area contributed by atoms with Crippen molar-refractivity contribution in [3.63, 3.8) is 0 Å². The van der Waals surface area contributed by atoms with Gasteiger partial charge in [0.2, 0.25) is 11.1 Å². The monoisotopic (exact) mass is 982 g/mol. The van der Waals surface area contributed by atoms with Crippen LogP contribution in [-0.2, 0) is 22.4 Å². The van der Waals surface area contributed by atoms with E-state index >= 15 is 0 Å². The Bertz CT molecular complexity index is 2860. The number of carbonyl (C=O) groups excluding carboxylic acids is 6. The van der Waals surface area contributed by atoms with Crippen LogP contribution in [0.25, 0.3) is 22.5 Å². The summed E-state index contributed by atoms with van der Waals surface area (Å²) >= 11 is 4.71. The topological polar surface area (TPSA) is 307 Å². The van der Waals surface area contributed by atoms with Crippen LogP contribution in [0, 0.1) is 11.8 Å². The summed E-state index contributed by atoms with van der Waals surface area (Å²) in [5.41, 5.74) is 14.4. The van der Waals surface area contributed by atoms with Gasteiger partial charge < -0.3 is 44.0 Å². The number of carbonyl (C=O) groups is 6. The molecule has 0 bridgehead atoms. The van der Waals surface area contributed by atoms with Crippen LogP contribution in [0.1, 0.15) is 79.0 Å². The van der Waals surface area contributed by atoms with Gasteiger partial charge in [-0.05, 0) is 123 Å². The highest BCUT2D eigenvalue weighted by Crippen LogP contribution is 2.29. The van der Waals surface area contributed by atoms with Crippen molar-refractivity contribution in [2.24, 2.45) is 23.3 Å². The molecule has 0 spiro atoms. The number of nitrogens with zero attached hydrogens (tertiary/aromatic N) is 7. The average Bonchev–Trinajstić information content (AvgIpc) is 3.90. The lowest BCUT2D eigenvalue weighted by Crippen LogP contribution is -2.38. The zero-order chi connectivity index (χ0) is 51.0. The molecule has 5 amide bonds. The standard InChI is InChI=1S/C25H27N7O3.C22H25N7O2.C3H3ClO/c1-2-21(33)31-13-10-16(11-14-31)15-20-30-22(23(24(26)34)32(20)27)17-6-8-18(9-7-17)25(35)29-19-5-3-4-12-28-19;23-21(30)20-19(28-18(29(20)24)13-14-8-11-25-12-9-14)15-4-6-16(7-5-15)22(31)27-17-3-1-2-10-26-17;1-2-3(4)5/h2-9,12,16H,1,10-11,13-15,27H2,(H2,26,34)(H,28,29,35);1-7,10,14,25H,8-9,11-13,24H2,(H2,23,30)(H,26,27,31);2H,1H2. The minimum Gasteiger partial charge on any atom is -0.364 e. The molecule has 8 rings (SSSR count). The van der Waals surface area contributed by atoms with E-state index in [-0.39, 0.29) is 35.0 Å². The lowest BCUT2D eigenvalue weighted by Gasteiger charge is -2.31. The van der Waals surface area contributed by atoms with Gasteiger partial charge in [-0.1, -0.05) is 49.6 Å². The van der Waals surface area contributed by atoms with Crippen molar-refractivity contribution in [1.82, 2.24) is 39.5 Å². The molecule has 6 heterocycles. The second-order valence-electron chi connectivity index (χ2n) is 16.5. The van der Waals surface area contributed by atoms with Crippen molar-refractivity contribution in [3.05, 3.63) is 157 Å². The Morgan fingerprint density at radius 3 is 1.39 bits per heavy atom. The van der Waals surface area contributed by atoms with E-state index in [4.69, 9.17) is 34.8 Å². The number of imidazole rings is 2. The number of hydrogen-bond donors (Lipinski definition) is 7. The Kier molecular flexibility index (Phi) is 18.0. The van der Waals surface area contributed by atoms with Crippen LogP contribution in [0.15, 0.2) is 123 Å². The first-order valence-corrected chi connectivity index (χ1v) is 23.0. The summed E-state index contributed by atoms with van der Waals surface area (Å²) in [5, 5.41) is 8.29. The van der Waals surface area contributed by atoms with E-state index in [0.717, 1.165) is 44.8 Å². The number of allylic oxidation sites excluding steroid dienone is 1. The number of nitrogens with two attached hydrogens (primary N) is 4. The normalized spacial score (nSPS) is 13.6. The number of aromatic nitrogens is 6. The molecule has 11 N–H and O–H groups in total. The molecule has 21 heteroatoms. The van der Waals surface area contributed by atoms with E-state index in [1.165, 1.54) is 15.4 Å². The highest BCUT2D eigenvalue weighted by atomic mass is 35.5. The highest BCUT2D eigenvalue weighted by Gasteiger charge is 2.28. The van der Waals surface area contributed by atoms with Crippen LogP contribution in [0.2, 0.25) is 0 Å². The number of piperidine rings is 2. The number of amides is 5. The van der Waals surface area contributed by atoms with Crippen molar-refractivity contribution in [1.29, 1.82) is 0 Å². The summed E-state index contributed by atoms with van der Waals surface area (Å²) in [6.07, 6.45) is 10.5. The number of primary amides is 2. The maximum atomic E-state index is 12.5. The predicted molar refractivity (Wildman–Crippen MR) is 271 cm³/mol. The molecular formula is C50H55ClN14O6. The van der Waals surface area contributed by atoms with Gasteiger partial charge in [0.05, 0.1) is 0 Å². The molecule has 20 nitrogen and oxygen atoms in total. The van der Waals surface area contributed by atoms with Gasteiger partial charge in [0, 0.05) is 60.6 Å². The van der Waals surface area contributed by atoms with E-state index in [1.54, 1.807) is 102 Å².